The molecule has 1 aromatic rings. The second kappa shape index (κ2) is 7.10. The van der Waals surface area contributed by atoms with Gasteiger partial charge >= 0.3 is 0 Å². The van der Waals surface area contributed by atoms with Crippen molar-refractivity contribution < 1.29 is 13.9 Å². The van der Waals surface area contributed by atoms with E-state index in [1.807, 2.05) is 6.92 Å². The molecule has 0 aromatic heterocycles. The Kier molecular flexibility index (Phi) is 5.76. The van der Waals surface area contributed by atoms with Crippen LogP contribution in [0.25, 0.3) is 0 Å². The first kappa shape index (κ1) is 14.6. The van der Waals surface area contributed by atoms with Crippen LogP contribution in [0.15, 0.2) is 18.2 Å². The highest BCUT2D eigenvalue weighted by Crippen LogP contribution is 2.17. The summed E-state index contributed by atoms with van der Waals surface area (Å²) in [5, 5.41) is 12.9. The number of aliphatic hydroxyl groups is 1. The summed E-state index contributed by atoms with van der Waals surface area (Å²) in [6.07, 6.45) is 5.57. The third-order valence-corrected chi connectivity index (χ3v) is 2.78. The fourth-order valence-corrected chi connectivity index (χ4v) is 1.66. The fourth-order valence-electron chi connectivity index (χ4n) is 1.66. The van der Waals surface area contributed by atoms with E-state index in [1.54, 1.807) is 0 Å². The third kappa shape index (κ3) is 4.10. The van der Waals surface area contributed by atoms with Crippen LogP contribution in [0, 0.1) is 24.0 Å². The van der Waals surface area contributed by atoms with Gasteiger partial charge in [-0.3, -0.25) is 0 Å². The van der Waals surface area contributed by atoms with E-state index in [1.165, 1.54) is 6.07 Å². The minimum absolute atomic E-state index is 0.0828. The zero-order valence-corrected chi connectivity index (χ0v) is 10.3. The Balaban J connectivity index is 2.60. The molecular formula is C14H17F2NO. The van der Waals surface area contributed by atoms with Crippen LogP contribution >= 0.6 is 0 Å². The highest BCUT2D eigenvalue weighted by atomic mass is 19.1. The Bertz CT molecular complexity index is 428. The van der Waals surface area contributed by atoms with Crippen molar-refractivity contribution in [3.05, 3.63) is 35.4 Å². The van der Waals surface area contributed by atoms with E-state index >= 15 is 0 Å². The number of nitrogens with one attached hydrogen (secondary N) is 1. The monoisotopic (exact) mass is 253 g/mol. The number of hydrogen-bond acceptors (Lipinski definition) is 2. The topological polar surface area (TPSA) is 32.3 Å². The van der Waals surface area contributed by atoms with Crippen molar-refractivity contribution in [3.63, 3.8) is 0 Å². The minimum Gasteiger partial charge on any atom is -0.387 e. The predicted octanol–water partition coefficient (Wildman–Crippen LogP) is 2.39. The van der Waals surface area contributed by atoms with Crippen molar-refractivity contribution in [1.82, 2.24) is 5.32 Å². The summed E-state index contributed by atoms with van der Waals surface area (Å²) in [6, 6.07) is 3.23. The van der Waals surface area contributed by atoms with Gasteiger partial charge in [0.1, 0.15) is 11.6 Å². The smallest absolute Gasteiger partial charge is 0.131 e. The van der Waals surface area contributed by atoms with Crippen LogP contribution in [0.4, 0.5) is 8.78 Å². The van der Waals surface area contributed by atoms with Gasteiger partial charge in [-0.1, -0.05) is 13.0 Å². The molecule has 1 aromatic carbocycles. The van der Waals surface area contributed by atoms with Crippen molar-refractivity contribution >= 4 is 0 Å². The molecule has 0 radical (unpaired) electrons. The van der Waals surface area contributed by atoms with Crippen molar-refractivity contribution in [3.8, 4) is 12.3 Å². The zero-order valence-electron chi connectivity index (χ0n) is 10.3. The summed E-state index contributed by atoms with van der Waals surface area (Å²) in [4.78, 5) is 0. The third-order valence-electron chi connectivity index (χ3n) is 2.78. The molecule has 0 aliphatic carbocycles. The van der Waals surface area contributed by atoms with Gasteiger partial charge in [0.05, 0.1) is 6.10 Å². The van der Waals surface area contributed by atoms with Crippen LogP contribution in [-0.4, -0.2) is 17.7 Å². The van der Waals surface area contributed by atoms with Crippen molar-refractivity contribution in [1.29, 1.82) is 0 Å². The summed E-state index contributed by atoms with van der Waals surface area (Å²) >= 11 is 0. The van der Waals surface area contributed by atoms with Crippen LogP contribution in [0.1, 0.15) is 31.4 Å². The van der Waals surface area contributed by atoms with E-state index < -0.39 is 17.7 Å². The lowest BCUT2D eigenvalue weighted by molar-refractivity contribution is 0.165. The average Bonchev–Trinajstić information content (AvgIpc) is 2.34. The molecule has 2 atom stereocenters. The van der Waals surface area contributed by atoms with Crippen LogP contribution in [0.2, 0.25) is 0 Å². The number of rotatable bonds is 6. The summed E-state index contributed by atoms with van der Waals surface area (Å²) < 4.78 is 26.1. The van der Waals surface area contributed by atoms with E-state index in [-0.39, 0.29) is 18.2 Å². The van der Waals surface area contributed by atoms with Crippen molar-refractivity contribution in [2.24, 2.45) is 0 Å². The quantitative estimate of drug-likeness (QED) is 0.763. The Morgan fingerprint density at radius 3 is 2.72 bits per heavy atom. The van der Waals surface area contributed by atoms with Crippen molar-refractivity contribution in [2.45, 2.75) is 31.9 Å². The van der Waals surface area contributed by atoms with Gasteiger partial charge in [0, 0.05) is 30.6 Å². The molecule has 18 heavy (non-hydrogen) atoms. The molecule has 0 heterocycles. The van der Waals surface area contributed by atoms with E-state index in [9.17, 15) is 13.9 Å². The summed E-state index contributed by atoms with van der Waals surface area (Å²) in [6.45, 7) is 2.16. The molecule has 2 unspecified atom stereocenters. The maximum absolute atomic E-state index is 13.4. The molecule has 2 nitrogen and oxygen atoms in total. The SMILES string of the molecule is C#CCC(CC)NCC(O)c1ccc(F)cc1F. The van der Waals surface area contributed by atoms with Crippen molar-refractivity contribution in [2.75, 3.05) is 6.54 Å². The highest BCUT2D eigenvalue weighted by Gasteiger charge is 2.14. The molecule has 4 heteroatoms. The second-order valence-corrected chi connectivity index (χ2v) is 4.10. The van der Waals surface area contributed by atoms with Gasteiger partial charge in [-0.15, -0.1) is 12.3 Å². The maximum Gasteiger partial charge on any atom is 0.131 e. The largest absolute Gasteiger partial charge is 0.387 e. The van der Waals surface area contributed by atoms with Crippen LogP contribution in [0.5, 0.6) is 0 Å². The molecule has 98 valence electrons. The molecule has 0 fully saturated rings. The first-order chi connectivity index (χ1) is 8.58. The predicted molar refractivity (Wildman–Crippen MR) is 66.8 cm³/mol. The molecule has 1 rings (SSSR count). The summed E-state index contributed by atoms with van der Waals surface area (Å²) in [5.74, 6) is 1.13. The number of hydrogen-bond donors (Lipinski definition) is 2. The Hall–Kier alpha value is -1.44. The zero-order chi connectivity index (χ0) is 13.5. The average molecular weight is 253 g/mol. The van der Waals surface area contributed by atoms with Gasteiger partial charge in [-0.2, -0.15) is 0 Å². The van der Waals surface area contributed by atoms with Crippen LogP contribution < -0.4 is 5.32 Å². The molecule has 0 saturated carbocycles. The standard InChI is InChI=1S/C14H17F2NO/c1-3-5-11(4-2)17-9-14(18)12-7-6-10(15)8-13(12)16/h1,6-8,11,14,17-18H,4-5,9H2,2H3. The molecule has 2 N–H and O–H groups in total. The van der Waals surface area contributed by atoms with Gasteiger partial charge < -0.3 is 10.4 Å². The highest BCUT2D eigenvalue weighted by molar-refractivity contribution is 5.21. The van der Waals surface area contributed by atoms with E-state index in [0.717, 1.165) is 18.6 Å². The maximum atomic E-state index is 13.4. The van der Waals surface area contributed by atoms with Gasteiger partial charge in [0.25, 0.3) is 0 Å². The fraction of sp³-hybridized carbons (Fsp3) is 0.429. The molecule has 0 bridgehead atoms. The Labute approximate surface area is 106 Å². The van der Waals surface area contributed by atoms with Gasteiger partial charge in [0.15, 0.2) is 0 Å². The lowest BCUT2D eigenvalue weighted by atomic mass is 10.1. The van der Waals surface area contributed by atoms with E-state index in [0.29, 0.717) is 6.42 Å². The normalized spacial score (nSPS) is 13.9. The van der Waals surface area contributed by atoms with Crippen LogP contribution in [0.3, 0.4) is 0 Å². The molecular weight excluding hydrogens is 236 g/mol. The van der Waals surface area contributed by atoms with Gasteiger partial charge in [0.2, 0.25) is 0 Å². The first-order valence-corrected chi connectivity index (χ1v) is 5.88. The molecule has 0 saturated heterocycles. The molecule has 0 amide bonds. The Morgan fingerprint density at radius 1 is 1.44 bits per heavy atom. The van der Waals surface area contributed by atoms with Gasteiger partial charge in [-0.05, 0) is 12.5 Å². The lowest BCUT2D eigenvalue weighted by Gasteiger charge is -2.18. The molecule has 0 aliphatic rings. The number of terminal acetylenes is 1. The Morgan fingerprint density at radius 2 is 2.17 bits per heavy atom. The van der Waals surface area contributed by atoms with E-state index in [2.05, 4.69) is 11.2 Å². The summed E-state index contributed by atoms with van der Waals surface area (Å²) in [5.41, 5.74) is 0.0828. The van der Waals surface area contributed by atoms with Crippen LogP contribution in [-0.2, 0) is 0 Å². The van der Waals surface area contributed by atoms with Gasteiger partial charge in [-0.25, -0.2) is 8.78 Å². The van der Waals surface area contributed by atoms with E-state index in [4.69, 9.17) is 6.42 Å². The first-order valence-electron chi connectivity index (χ1n) is 5.88. The number of halogens is 2. The second-order valence-electron chi connectivity index (χ2n) is 4.10. The molecule has 0 spiro atoms. The lowest BCUT2D eigenvalue weighted by Crippen LogP contribution is -2.32. The summed E-state index contributed by atoms with van der Waals surface area (Å²) in [7, 11) is 0. The molecule has 0 aliphatic heterocycles. The number of benzene rings is 1. The minimum atomic E-state index is -1.02. The number of aliphatic hydroxyl groups excluding tert-OH is 1.